The van der Waals surface area contributed by atoms with Crippen molar-refractivity contribution in [3.8, 4) is 17.2 Å². The van der Waals surface area contributed by atoms with E-state index in [4.69, 9.17) is 14.2 Å². The van der Waals surface area contributed by atoms with Gasteiger partial charge in [-0.05, 0) is 12.1 Å². The minimum absolute atomic E-state index is 0.312. The molecule has 4 heteroatoms. The van der Waals surface area contributed by atoms with Gasteiger partial charge < -0.3 is 19.5 Å². The summed E-state index contributed by atoms with van der Waals surface area (Å²) in [6.07, 6.45) is 0.976. The Morgan fingerprint density at radius 2 is 1.86 bits per heavy atom. The van der Waals surface area contributed by atoms with Crippen LogP contribution in [0.3, 0.4) is 0 Å². The third-order valence-corrected chi connectivity index (χ3v) is 3.98. The number of hydrogen-bond acceptors (Lipinski definition) is 4. The third kappa shape index (κ3) is 2.32. The molecule has 4 nitrogen and oxygen atoms in total. The Kier molecular flexibility index (Phi) is 3.16. The number of ether oxygens (including phenoxy) is 3. The first kappa shape index (κ1) is 12.5. The summed E-state index contributed by atoms with van der Waals surface area (Å²) in [5, 5.41) is 3.61. The first-order valence-corrected chi connectivity index (χ1v) is 7.24. The van der Waals surface area contributed by atoms with Crippen molar-refractivity contribution in [1.29, 1.82) is 0 Å². The van der Waals surface area contributed by atoms with Crippen LogP contribution in [-0.2, 0) is 6.54 Å². The van der Waals surface area contributed by atoms with Gasteiger partial charge in [-0.25, -0.2) is 0 Å². The van der Waals surface area contributed by atoms with E-state index in [-0.39, 0.29) is 0 Å². The van der Waals surface area contributed by atoms with E-state index in [1.807, 2.05) is 24.3 Å². The van der Waals surface area contributed by atoms with E-state index in [0.29, 0.717) is 12.8 Å². The van der Waals surface area contributed by atoms with Crippen molar-refractivity contribution in [1.82, 2.24) is 5.32 Å². The van der Waals surface area contributed by atoms with Crippen LogP contribution in [0.2, 0.25) is 0 Å². The van der Waals surface area contributed by atoms with Crippen LogP contribution < -0.4 is 19.5 Å². The van der Waals surface area contributed by atoms with Gasteiger partial charge in [0.1, 0.15) is 5.75 Å². The smallest absolute Gasteiger partial charge is 0.231 e. The van der Waals surface area contributed by atoms with Crippen LogP contribution in [0.5, 0.6) is 17.2 Å². The fourth-order valence-corrected chi connectivity index (χ4v) is 2.92. The van der Waals surface area contributed by atoms with Crippen molar-refractivity contribution >= 4 is 0 Å². The van der Waals surface area contributed by atoms with E-state index in [1.165, 1.54) is 5.56 Å². The van der Waals surface area contributed by atoms with Crippen LogP contribution in [0.15, 0.2) is 42.5 Å². The third-order valence-electron chi connectivity index (χ3n) is 3.98. The molecule has 21 heavy (non-hydrogen) atoms. The Hall–Kier alpha value is -2.20. The molecule has 108 valence electrons. The molecule has 0 aromatic heterocycles. The van der Waals surface area contributed by atoms with E-state index in [9.17, 15) is 0 Å². The highest BCUT2D eigenvalue weighted by atomic mass is 16.7. The van der Waals surface area contributed by atoms with Crippen LogP contribution >= 0.6 is 0 Å². The van der Waals surface area contributed by atoms with Crippen molar-refractivity contribution in [3.05, 3.63) is 53.6 Å². The maximum Gasteiger partial charge on any atom is 0.231 e. The summed E-state index contributed by atoms with van der Waals surface area (Å²) in [6.45, 7) is 1.82. The first-order chi connectivity index (χ1) is 10.4. The van der Waals surface area contributed by atoms with Gasteiger partial charge in [0, 0.05) is 30.1 Å². The van der Waals surface area contributed by atoms with Crippen LogP contribution in [0.25, 0.3) is 0 Å². The first-order valence-electron chi connectivity index (χ1n) is 7.24. The van der Waals surface area contributed by atoms with Gasteiger partial charge in [0.15, 0.2) is 11.5 Å². The molecule has 1 unspecified atom stereocenters. The minimum atomic E-state index is 0.312. The molecule has 0 saturated carbocycles. The van der Waals surface area contributed by atoms with Crippen molar-refractivity contribution in [2.45, 2.75) is 19.0 Å². The molecule has 0 amide bonds. The van der Waals surface area contributed by atoms with E-state index in [0.717, 1.165) is 42.4 Å². The molecule has 0 spiro atoms. The Balaban J connectivity index is 1.52. The Morgan fingerprint density at radius 1 is 0.952 bits per heavy atom. The highest BCUT2D eigenvalue weighted by Gasteiger charge is 2.22. The summed E-state index contributed by atoms with van der Waals surface area (Å²) in [5.74, 6) is 2.69. The minimum Gasteiger partial charge on any atom is -0.493 e. The molecule has 1 N–H and O–H groups in total. The van der Waals surface area contributed by atoms with E-state index in [1.54, 1.807) is 0 Å². The van der Waals surface area contributed by atoms with E-state index in [2.05, 4.69) is 23.5 Å². The second-order valence-corrected chi connectivity index (χ2v) is 5.26. The van der Waals surface area contributed by atoms with Crippen LogP contribution in [-0.4, -0.2) is 13.4 Å². The Morgan fingerprint density at radius 3 is 2.86 bits per heavy atom. The molecule has 4 rings (SSSR count). The average molecular weight is 283 g/mol. The molecular weight excluding hydrogens is 266 g/mol. The predicted molar refractivity (Wildman–Crippen MR) is 78.7 cm³/mol. The second-order valence-electron chi connectivity index (χ2n) is 5.26. The maximum absolute atomic E-state index is 5.70. The zero-order valence-electron chi connectivity index (χ0n) is 11.7. The SMILES string of the molecule is c1ccc2c(c1)OCCC2NCc1cccc2c1OCO2. The summed E-state index contributed by atoms with van der Waals surface area (Å²) >= 11 is 0. The van der Waals surface area contributed by atoms with Crippen molar-refractivity contribution in [3.63, 3.8) is 0 Å². The lowest BCUT2D eigenvalue weighted by Crippen LogP contribution is -2.26. The highest BCUT2D eigenvalue weighted by molar-refractivity contribution is 5.48. The molecule has 0 radical (unpaired) electrons. The summed E-state index contributed by atoms with van der Waals surface area (Å²) in [7, 11) is 0. The van der Waals surface area contributed by atoms with Gasteiger partial charge in [-0.3, -0.25) is 0 Å². The molecular formula is C17H17NO3. The molecule has 1 atom stereocenters. The summed E-state index contributed by atoms with van der Waals surface area (Å²) < 4.78 is 16.7. The second kappa shape index (κ2) is 5.30. The predicted octanol–water partition coefficient (Wildman–Crippen LogP) is 3.03. The molecule has 0 saturated heterocycles. The summed E-state index contributed by atoms with van der Waals surface area (Å²) in [5.41, 5.74) is 2.36. The fourth-order valence-electron chi connectivity index (χ4n) is 2.92. The van der Waals surface area contributed by atoms with E-state index < -0.39 is 0 Å². The standard InChI is InChI=1S/C17H17NO3/c1-2-6-15-13(5-1)14(8-9-19-15)18-10-12-4-3-7-16-17(12)21-11-20-16/h1-7,14,18H,8-11H2. The number of rotatable bonds is 3. The number of nitrogens with one attached hydrogen (secondary N) is 1. The fraction of sp³-hybridized carbons (Fsp3) is 0.294. The molecule has 2 aromatic rings. The van der Waals surface area contributed by atoms with Gasteiger partial charge in [-0.1, -0.05) is 30.3 Å². The maximum atomic E-state index is 5.70. The number of hydrogen-bond donors (Lipinski definition) is 1. The van der Waals surface area contributed by atoms with Crippen molar-refractivity contribution < 1.29 is 14.2 Å². The number of fused-ring (bicyclic) bond motifs is 2. The number of benzene rings is 2. The molecule has 0 fully saturated rings. The summed E-state index contributed by atoms with van der Waals surface area (Å²) in [6, 6.07) is 14.6. The van der Waals surface area contributed by atoms with Gasteiger partial charge in [0.05, 0.1) is 6.61 Å². The normalized spacial score (nSPS) is 19.0. The lowest BCUT2D eigenvalue weighted by atomic mass is 10.0. The number of para-hydroxylation sites is 2. The molecule has 0 aliphatic carbocycles. The van der Waals surface area contributed by atoms with Crippen LogP contribution in [0, 0.1) is 0 Å². The Bertz CT molecular complexity index is 656. The van der Waals surface area contributed by atoms with Gasteiger partial charge in [0.25, 0.3) is 0 Å². The topological polar surface area (TPSA) is 39.7 Å². The van der Waals surface area contributed by atoms with Crippen LogP contribution in [0.1, 0.15) is 23.6 Å². The zero-order chi connectivity index (χ0) is 14.1. The zero-order valence-corrected chi connectivity index (χ0v) is 11.7. The van der Waals surface area contributed by atoms with Crippen molar-refractivity contribution in [2.75, 3.05) is 13.4 Å². The monoisotopic (exact) mass is 283 g/mol. The van der Waals surface area contributed by atoms with Gasteiger partial charge in [-0.15, -0.1) is 0 Å². The molecule has 2 heterocycles. The summed E-state index contributed by atoms with van der Waals surface area (Å²) in [4.78, 5) is 0. The largest absolute Gasteiger partial charge is 0.493 e. The quantitative estimate of drug-likeness (QED) is 0.940. The lowest BCUT2D eigenvalue weighted by Gasteiger charge is -2.26. The van der Waals surface area contributed by atoms with Gasteiger partial charge >= 0.3 is 0 Å². The Labute approximate surface area is 123 Å². The van der Waals surface area contributed by atoms with Crippen LogP contribution in [0.4, 0.5) is 0 Å². The molecule has 2 aliphatic rings. The molecule has 2 aromatic carbocycles. The van der Waals surface area contributed by atoms with Gasteiger partial charge in [0.2, 0.25) is 6.79 Å². The van der Waals surface area contributed by atoms with Gasteiger partial charge in [-0.2, -0.15) is 0 Å². The molecule has 2 aliphatic heterocycles. The molecule has 0 bridgehead atoms. The lowest BCUT2D eigenvalue weighted by molar-refractivity contribution is 0.173. The highest BCUT2D eigenvalue weighted by Crippen LogP contribution is 2.36. The average Bonchev–Trinajstić information content (AvgIpc) is 3.02. The van der Waals surface area contributed by atoms with E-state index >= 15 is 0 Å². The van der Waals surface area contributed by atoms with Crippen molar-refractivity contribution in [2.24, 2.45) is 0 Å².